The Labute approximate surface area is 127 Å². The summed E-state index contributed by atoms with van der Waals surface area (Å²) in [7, 11) is -3.47. The molecule has 3 rings (SSSR count). The van der Waals surface area contributed by atoms with E-state index in [2.05, 4.69) is 9.82 Å². The van der Waals surface area contributed by atoms with E-state index < -0.39 is 10.0 Å². The molecule has 0 amide bonds. The first kappa shape index (κ1) is 15.0. The summed E-state index contributed by atoms with van der Waals surface area (Å²) in [5.41, 5.74) is 0.713. The van der Waals surface area contributed by atoms with Gasteiger partial charge in [-0.05, 0) is 57.8 Å². The van der Waals surface area contributed by atoms with E-state index in [1.165, 1.54) is 31.9 Å². The minimum atomic E-state index is -3.47. The van der Waals surface area contributed by atoms with E-state index >= 15 is 0 Å². The second-order valence-corrected chi connectivity index (χ2v) is 8.34. The summed E-state index contributed by atoms with van der Waals surface area (Å²) in [5, 5.41) is 4.14. The van der Waals surface area contributed by atoms with Crippen LogP contribution >= 0.6 is 0 Å². The van der Waals surface area contributed by atoms with Crippen LogP contribution in [-0.4, -0.2) is 24.2 Å². The van der Waals surface area contributed by atoms with Crippen molar-refractivity contribution in [1.29, 1.82) is 0 Å². The quantitative estimate of drug-likeness (QED) is 0.907. The third-order valence-electron chi connectivity index (χ3n) is 5.42. The van der Waals surface area contributed by atoms with Crippen LogP contribution in [0.15, 0.2) is 11.1 Å². The second-order valence-electron chi connectivity index (χ2n) is 6.66. The molecule has 1 aromatic rings. The van der Waals surface area contributed by atoms with Crippen LogP contribution in [0, 0.1) is 24.7 Å². The third-order valence-corrected chi connectivity index (χ3v) is 7.09. The lowest BCUT2D eigenvalue weighted by atomic mass is 9.84. The summed E-state index contributed by atoms with van der Waals surface area (Å²) in [6.07, 6.45) is 6.55. The smallest absolute Gasteiger partial charge is 0.244 e. The molecule has 6 heteroatoms. The molecule has 4 atom stereocenters. The molecule has 0 radical (unpaired) electrons. The largest absolute Gasteiger partial charge is 0.269 e. The van der Waals surface area contributed by atoms with Crippen molar-refractivity contribution in [1.82, 2.24) is 14.5 Å². The number of nitrogens with one attached hydrogen (secondary N) is 1. The van der Waals surface area contributed by atoms with Gasteiger partial charge in [0.05, 0.1) is 11.9 Å². The van der Waals surface area contributed by atoms with Crippen molar-refractivity contribution < 1.29 is 8.42 Å². The van der Waals surface area contributed by atoms with E-state index in [1.807, 2.05) is 20.8 Å². The summed E-state index contributed by atoms with van der Waals surface area (Å²) in [6, 6.07) is 0.00896. The normalized spacial score (nSPS) is 30.0. The predicted octanol–water partition coefficient (Wildman–Crippen LogP) is 2.31. The van der Waals surface area contributed by atoms with Crippen LogP contribution in [0.2, 0.25) is 0 Å². The Hall–Kier alpha value is -0.880. The molecule has 2 saturated carbocycles. The molecule has 0 aliphatic heterocycles. The molecular weight excluding hydrogens is 286 g/mol. The number of hydrogen-bond acceptors (Lipinski definition) is 3. The molecule has 118 valence electrons. The number of hydrogen-bond donors (Lipinski definition) is 1. The van der Waals surface area contributed by atoms with E-state index in [0.29, 0.717) is 29.0 Å². The molecule has 5 nitrogen and oxygen atoms in total. The van der Waals surface area contributed by atoms with Crippen molar-refractivity contribution in [2.24, 2.45) is 17.8 Å². The van der Waals surface area contributed by atoms with Gasteiger partial charge in [-0.3, -0.25) is 4.68 Å². The lowest BCUT2D eigenvalue weighted by Crippen LogP contribution is -2.40. The summed E-state index contributed by atoms with van der Waals surface area (Å²) in [4.78, 5) is 0.319. The third kappa shape index (κ3) is 2.63. The number of rotatable bonds is 5. The predicted molar refractivity (Wildman–Crippen MR) is 81.4 cm³/mol. The highest BCUT2D eigenvalue weighted by atomic mass is 32.2. The number of sulfonamides is 1. The first-order valence-electron chi connectivity index (χ1n) is 7.97. The number of fused-ring (bicyclic) bond motifs is 2. The highest BCUT2D eigenvalue weighted by Gasteiger charge is 2.42. The van der Waals surface area contributed by atoms with Gasteiger partial charge in [-0.1, -0.05) is 6.42 Å². The molecule has 0 unspecified atom stereocenters. The number of nitrogens with zero attached hydrogens (tertiary/aromatic N) is 2. The Balaban J connectivity index is 1.75. The van der Waals surface area contributed by atoms with E-state index in [9.17, 15) is 8.42 Å². The van der Waals surface area contributed by atoms with Gasteiger partial charge in [-0.2, -0.15) is 5.10 Å². The van der Waals surface area contributed by atoms with Crippen LogP contribution in [0.25, 0.3) is 0 Å². The van der Waals surface area contributed by atoms with Crippen LogP contribution in [0.1, 0.15) is 45.2 Å². The molecule has 2 fully saturated rings. The lowest BCUT2D eigenvalue weighted by molar-refractivity contribution is 0.280. The minimum absolute atomic E-state index is 0.00896. The molecule has 2 bridgehead atoms. The minimum Gasteiger partial charge on any atom is -0.269 e. The Bertz CT molecular complexity index is 623. The van der Waals surface area contributed by atoms with E-state index in [0.717, 1.165) is 5.92 Å². The summed E-state index contributed by atoms with van der Waals surface area (Å²) >= 11 is 0. The van der Waals surface area contributed by atoms with Crippen molar-refractivity contribution in [2.75, 3.05) is 0 Å². The maximum atomic E-state index is 12.6. The standard InChI is InChI=1S/C15H25N3O2S/c1-4-18-11(3)15(9-16-18)21(19,20)17-10(2)14-8-12-5-6-13(14)7-12/h9-10,12-14,17H,4-8H2,1-3H3/t10-,12-,13-,14-/m1/s1. The fourth-order valence-electron chi connectivity index (χ4n) is 4.31. The van der Waals surface area contributed by atoms with Gasteiger partial charge in [0.1, 0.15) is 4.90 Å². The van der Waals surface area contributed by atoms with Crippen LogP contribution in [0.5, 0.6) is 0 Å². The number of aryl methyl sites for hydroxylation is 1. The van der Waals surface area contributed by atoms with Crippen molar-refractivity contribution in [3.05, 3.63) is 11.9 Å². The van der Waals surface area contributed by atoms with Gasteiger partial charge in [-0.25, -0.2) is 13.1 Å². The fourth-order valence-corrected chi connectivity index (χ4v) is 5.79. The zero-order valence-electron chi connectivity index (χ0n) is 13.0. The van der Waals surface area contributed by atoms with Crippen molar-refractivity contribution in [3.63, 3.8) is 0 Å². The Kier molecular flexibility index (Phi) is 3.86. The average molecular weight is 311 g/mol. The van der Waals surface area contributed by atoms with E-state index in [-0.39, 0.29) is 6.04 Å². The van der Waals surface area contributed by atoms with Gasteiger partial charge in [0.2, 0.25) is 10.0 Å². The molecule has 1 N–H and O–H groups in total. The molecule has 1 heterocycles. The van der Waals surface area contributed by atoms with Crippen LogP contribution < -0.4 is 4.72 Å². The molecule has 2 aliphatic rings. The average Bonchev–Trinajstić information content (AvgIpc) is 3.12. The number of aromatic nitrogens is 2. The Morgan fingerprint density at radius 3 is 2.71 bits per heavy atom. The summed E-state index contributed by atoms with van der Waals surface area (Å²) < 4.78 is 29.8. The van der Waals surface area contributed by atoms with Gasteiger partial charge >= 0.3 is 0 Å². The van der Waals surface area contributed by atoms with Crippen molar-refractivity contribution >= 4 is 10.0 Å². The first-order chi connectivity index (χ1) is 9.92. The van der Waals surface area contributed by atoms with Crippen LogP contribution in [-0.2, 0) is 16.6 Å². The summed E-state index contributed by atoms with van der Waals surface area (Å²) in [5.74, 6) is 2.05. The SMILES string of the molecule is CCn1ncc(S(=O)(=O)N[C@H](C)[C@H]2C[C@@H]3CC[C@@H]2C3)c1C. The maximum Gasteiger partial charge on any atom is 0.244 e. The zero-order chi connectivity index (χ0) is 15.2. The van der Waals surface area contributed by atoms with Gasteiger partial charge in [-0.15, -0.1) is 0 Å². The van der Waals surface area contributed by atoms with Gasteiger partial charge in [0, 0.05) is 12.6 Å². The highest BCUT2D eigenvalue weighted by molar-refractivity contribution is 7.89. The topological polar surface area (TPSA) is 64.0 Å². The molecular formula is C15H25N3O2S. The van der Waals surface area contributed by atoms with Crippen LogP contribution in [0.4, 0.5) is 0 Å². The van der Waals surface area contributed by atoms with Crippen molar-refractivity contribution in [2.45, 2.75) is 63.9 Å². The lowest BCUT2D eigenvalue weighted by Gasteiger charge is -2.28. The molecule has 0 spiro atoms. The monoisotopic (exact) mass is 311 g/mol. The summed E-state index contributed by atoms with van der Waals surface area (Å²) in [6.45, 7) is 6.47. The molecule has 0 saturated heterocycles. The maximum absolute atomic E-state index is 12.6. The zero-order valence-corrected chi connectivity index (χ0v) is 13.9. The molecule has 0 aromatic carbocycles. The van der Waals surface area contributed by atoms with Gasteiger partial charge < -0.3 is 0 Å². The van der Waals surface area contributed by atoms with Crippen molar-refractivity contribution in [3.8, 4) is 0 Å². The molecule has 2 aliphatic carbocycles. The van der Waals surface area contributed by atoms with E-state index in [1.54, 1.807) is 4.68 Å². The molecule has 21 heavy (non-hydrogen) atoms. The van der Waals surface area contributed by atoms with Gasteiger partial charge in [0.15, 0.2) is 0 Å². The Morgan fingerprint density at radius 2 is 2.19 bits per heavy atom. The second kappa shape index (κ2) is 5.39. The van der Waals surface area contributed by atoms with E-state index in [4.69, 9.17) is 0 Å². The van der Waals surface area contributed by atoms with Gasteiger partial charge in [0.25, 0.3) is 0 Å². The fraction of sp³-hybridized carbons (Fsp3) is 0.800. The Morgan fingerprint density at radius 1 is 1.43 bits per heavy atom. The first-order valence-corrected chi connectivity index (χ1v) is 9.45. The van der Waals surface area contributed by atoms with Crippen LogP contribution in [0.3, 0.4) is 0 Å². The molecule has 1 aromatic heterocycles. The highest BCUT2D eigenvalue weighted by Crippen LogP contribution is 2.49.